The summed E-state index contributed by atoms with van der Waals surface area (Å²) in [6.45, 7) is 13.6. The number of nitrogens with one attached hydrogen (secondary N) is 1. The van der Waals surface area contributed by atoms with Gasteiger partial charge in [-0.2, -0.15) is 13.2 Å². The van der Waals surface area contributed by atoms with Crippen LogP contribution in [0.5, 0.6) is 0 Å². The molecule has 7 heteroatoms. The van der Waals surface area contributed by atoms with E-state index in [1.807, 2.05) is 6.92 Å². The lowest BCUT2D eigenvalue weighted by Crippen LogP contribution is -2.14. The molecular formula is C14H13F3N2OS. The van der Waals surface area contributed by atoms with Crippen LogP contribution in [0.4, 0.5) is 24.5 Å². The number of carbonyl (C=O) groups excluding carboxylic acids is 1. The quantitative estimate of drug-likeness (QED) is 0.488. The largest absolute Gasteiger partial charge is 0.407 e. The topological polar surface area (TPSA) is 33.5 Å². The highest BCUT2D eigenvalue weighted by molar-refractivity contribution is 7.99. The summed E-state index contributed by atoms with van der Waals surface area (Å²) >= 11 is 1.25. The van der Waals surface area contributed by atoms with Crippen molar-refractivity contribution in [1.29, 1.82) is 0 Å². The van der Waals surface area contributed by atoms with Gasteiger partial charge < -0.3 is 5.32 Å². The lowest BCUT2D eigenvalue weighted by atomic mass is 10.1. The highest BCUT2D eigenvalue weighted by Gasteiger charge is 2.34. The molecule has 1 aromatic carbocycles. The highest BCUT2D eigenvalue weighted by atomic mass is 32.2. The summed E-state index contributed by atoms with van der Waals surface area (Å²) in [5.74, 6) is 0.0373. The molecule has 0 unspecified atom stereocenters. The Morgan fingerprint density at radius 3 is 2.52 bits per heavy atom. The average Bonchev–Trinajstić information content (AvgIpc) is 2.38. The van der Waals surface area contributed by atoms with Crippen LogP contribution in [0, 0.1) is 6.57 Å². The second kappa shape index (κ2) is 6.68. The molecule has 0 radical (unpaired) electrons. The number of hydrogen-bond donors (Lipinski definition) is 1. The lowest BCUT2D eigenvalue weighted by molar-refractivity contribution is -0.136. The maximum atomic E-state index is 12.9. The first kappa shape index (κ1) is 17.1. The van der Waals surface area contributed by atoms with Crippen molar-refractivity contribution in [2.75, 3.05) is 11.1 Å². The van der Waals surface area contributed by atoms with Gasteiger partial charge in [0.15, 0.2) is 0 Å². The molecule has 1 N–H and O–H groups in total. The molecule has 21 heavy (non-hydrogen) atoms. The van der Waals surface area contributed by atoms with E-state index in [9.17, 15) is 18.0 Å². The van der Waals surface area contributed by atoms with Gasteiger partial charge in [0.2, 0.25) is 5.69 Å². The Morgan fingerprint density at radius 1 is 1.48 bits per heavy atom. The first-order valence-electron chi connectivity index (χ1n) is 5.93. The van der Waals surface area contributed by atoms with Crippen molar-refractivity contribution in [3.05, 3.63) is 41.3 Å². The molecule has 0 spiro atoms. The third-order valence-electron chi connectivity index (χ3n) is 2.46. The van der Waals surface area contributed by atoms with Gasteiger partial charge in [-0.25, -0.2) is 4.85 Å². The van der Waals surface area contributed by atoms with E-state index in [0.29, 0.717) is 10.6 Å². The molecular weight excluding hydrogens is 301 g/mol. The number of thioether (sulfide) groups is 1. The summed E-state index contributed by atoms with van der Waals surface area (Å²) in [5, 5.41) is 2.40. The first-order valence-corrected chi connectivity index (χ1v) is 6.91. The molecule has 0 saturated carbocycles. The van der Waals surface area contributed by atoms with Crippen LogP contribution in [0.1, 0.15) is 19.4 Å². The fourth-order valence-corrected chi connectivity index (χ4v) is 2.26. The van der Waals surface area contributed by atoms with Crippen molar-refractivity contribution < 1.29 is 18.0 Å². The normalized spacial score (nSPS) is 10.9. The number of alkyl halides is 3. The van der Waals surface area contributed by atoms with Crippen LogP contribution < -0.4 is 5.32 Å². The van der Waals surface area contributed by atoms with Crippen molar-refractivity contribution in [1.82, 2.24) is 0 Å². The van der Waals surface area contributed by atoms with Crippen molar-refractivity contribution in [2.24, 2.45) is 0 Å². The predicted octanol–water partition coefficient (Wildman–Crippen LogP) is 4.88. The molecule has 112 valence electrons. The van der Waals surface area contributed by atoms with Crippen molar-refractivity contribution in [3.63, 3.8) is 0 Å². The number of nitrogens with zero attached hydrogens (tertiary/aromatic N) is 1. The van der Waals surface area contributed by atoms with Crippen LogP contribution in [-0.2, 0) is 11.0 Å². The minimum absolute atomic E-state index is 0.0366. The van der Waals surface area contributed by atoms with E-state index in [0.717, 1.165) is 12.1 Å². The van der Waals surface area contributed by atoms with E-state index in [1.54, 1.807) is 0 Å². The number of amides is 1. The third kappa shape index (κ3) is 4.26. The second-order valence-corrected chi connectivity index (χ2v) is 5.45. The summed E-state index contributed by atoms with van der Waals surface area (Å²) in [5.41, 5.74) is -1.32. The summed E-state index contributed by atoms with van der Waals surface area (Å²) in [4.78, 5) is 15.0. The van der Waals surface area contributed by atoms with E-state index in [4.69, 9.17) is 6.57 Å². The van der Waals surface area contributed by atoms with Gasteiger partial charge in [-0.05, 0) is 24.8 Å². The van der Waals surface area contributed by atoms with Gasteiger partial charge in [0, 0.05) is 10.5 Å². The van der Waals surface area contributed by atoms with Crippen LogP contribution in [0.25, 0.3) is 4.85 Å². The van der Waals surface area contributed by atoms with Gasteiger partial charge in [-0.3, -0.25) is 4.79 Å². The molecule has 0 aromatic heterocycles. The van der Waals surface area contributed by atoms with E-state index in [-0.39, 0.29) is 11.3 Å². The molecule has 1 aromatic rings. The molecule has 0 aliphatic heterocycles. The Kier molecular flexibility index (Phi) is 5.44. The van der Waals surface area contributed by atoms with E-state index < -0.39 is 23.3 Å². The summed E-state index contributed by atoms with van der Waals surface area (Å²) in [6.07, 6.45) is -4.65. The molecule has 0 fully saturated rings. The van der Waals surface area contributed by atoms with E-state index >= 15 is 0 Å². The van der Waals surface area contributed by atoms with Crippen LogP contribution in [0.3, 0.4) is 0 Å². The predicted molar refractivity (Wildman–Crippen MR) is 77.5 cm³/mol. The molecule has 1 amide bonds. The van der Waals surface area contributed by atoms with Gasteiger partial charge in [0.25, 0.3) is 5.91 Å². The lowest BCUT2D eigenvalue weighted by Gasteiger charge is -2.15. The fourth-order valence-electron chi connectivity index (χ4n) is 1.49. The zero-order valence-electron chi connectivity index (χ0n) is 11.5. The van der Waals surface area contributed by atoms with Gasteiger partial charge >= 0.3 is 6.18 Å². The minimum atomic E-state index is -4.65. The van der Waals surface area contributed by atoms with Gasteiger partial charge in [0.05, 0.1) is 17.8 Å². The smallest absolute Gasteiger partial charge is 0.321 e. The standard InChI is InChI=1S/C14H13F3N2OS/c1-5-21-12-7-10(18-4)9(14(15,16)17)6-11(12)19-13(20)8(2)3/h6-7H,2,5H2,1,3H3,(H,19,20). The molecule has 0 bridgehead atoms. The van der Waals surface area contributed by atoms with Gasteiger partial charge in [0.1, 0.15) is 0 Å². The highest BCUT2D eigenvalue weighted by Crippen LogP contribution is 2.42. The number of halogens is 3. The van der Waals surface area contributed by atoms with Crippen molar-refractivity contribution in [2.45, 2.75) is 24.9 Å². The zero-order chi connectivity index (χ0) is 16.2. The third-order valence-corrected chi connectivity index (χ3v) is 3.40. The number of hydrogen-bond acceptors (Lipinski definition) is 2. The average molecular weight is 314 g/mol. The SMILES string of the molecule is [C-]#[N+]c1cc(SCC)c(NC(=O)C(=C)C)cc1C(F)(F)F. The summed E-state index contributed by atoms with van der Waals surface area (Å²) in [7, 11) is 0. The number of anilines is 1. The molecule has 0 saturated heterocycles. The number of carbonyl (C=O) groups is 1. The summed E-state index contributed by atoms with van der Waals surface area (Å²) < 4.78 is 38.8. The molecule has 0 heterocycles. The monoisotopic (exact) mass is 314 g/mol. The van der Waals surface area contributed by atoms with Crippen molar-refractivity contribution >= 4 is 29.0 Å². The minimum Gasteiger partial charge on any atom is -0.321 e. The molecule has 1 rings (SSSR count). The molecule has 3 nitrogen and oxygen atoms in total. The van der Waals surface area contributed by atoms with E-state index in [2.05, 4.69) is 16.7 Å². The number of rotatable bonds is 4. The van der Waals surface area contributed by atoms with Crippen LogP contribution in [0.15, 0.2) is 29.2 Å². The van der Waals surface area contributed by atoms with Gasteiger partial charge in [-0.1, -0.05) is 13.5 Å². The Morgan fingerprint density at radius 2 is 2.10 bits per heavy atom. The number of benzene rings is 1. The Hall–Kier alpha value is -1.94. The molecule has 0 aliphatic carbocycles. The Balaban J connectivity index is 3.42. The van der Waals surface area contributed by atoms with Crippen LogP contribution in [0.2, 0.25) is 0 Å². The molecule has 0 atom stereocenters. The first-order chi connectivity index (χ1) is 9.70. The second-order valence-electron chi connectivity index (χ2n) is 4.14. The Labute approximate surface area is 125 Å². The van der Waals surface area contributed by atoms with Crippen molar-refractivity contribution in [3.8, 4) is 0 Å². The zero-order valence-corrected chi connectivity index (χ0v) is 12.3. The van der Waals surface area contributed by atoms with Crippen LogP contribution >= 0.6 is 11.8 Å². The van der Waals surface area contributed by atoms with Gasteiger partial charge in [-0.15, -0.1) is 11.8 Å². The summed E-state index contributed by atoms with van der Waals surface area (Å²) in [6, 6.07) is 1.95. The van der Waals surface area contributed by atoms with E-state index in [1.165, 1.54) is 18.7 Å². The maximum Gasteiger partial charge on any atom is 0.407 e. The molecule has 0 aliphatic rings. The maximum absolute atomic E-state index is 12.9. The fraction of sp³-hybridized carbons (Fsp3) is 0.286. The van der Waals surface area contributed by atoms with Crippen LogP contribution in [-0.4, -0.2) is 11.7 Å². The Bertz CT molecular complexity index is 618.